The minimum atomic E-state index is -1.52. The van der Waals surface area contributed by atoms with Gasteiger partial charge in [-0.15, -0.1) is 6.58 Å². The van der Waals surface area contributed by atoms with E-state index in [0.717, 1.165) is 19.3 Å². The lowest BCUT2D eigenvalue weighted by atomic mass is 9.44. The Labute approximate surface area is 163 Å². The Kier molecular flexibility index (Phi) is 5.73. The highest BCUT2D eigenvalue weighted by Crippen LogP contribution is 2.62. The zero-order valence-electron chi connectivity index (χ0n) is 17.7. The van der Waals surface area contributed by atoms with Gasteiger partial charge in [0.1, 0.15) is 17.3 Å². The van der Waals surface area contributed by atoms with Crippen molar-refractivity contribution in [2.75, 3.05) is 0 Å². The lowest BCUT2D eigenvalue weighted by Crippen LogP contribution is -2.63. The molecule has 6 unspecified atom stereocenters. The van der Waals surface area contributed by atoms with Crippen LogP contribution in [0.2, 0.25) is 0 Å². The van der Waals surface area contributed by atoms with Crippen molar-refractivity contribution in [1.29, 1.82) is 0 Å². The third kappa shape index (κ3) is 3.86. The van der Waals surface area contributed by atoms with Gasteiger partial charge in [-0.3, -0.25) is 9.59 Å². The Balaban J connectivity index is 2.49. The molecule has 0 radical (unpaired) electrons. The summed E-state index contributed by atoms with van der Waals surface area (Å²) in [7, 11) is 0. The molecule has 0 saturated heterocycles. The van der Waals surface area contributed by atoms with Crippen molar-refractivity contribution >= 4 is 11.8 Å². The molecule has 2 aliphatic carbocycles. The summed E-state index contributed by atoms with van der Waals surface area (Å²) >= 11 is 0. The second-order valence-electron chi connectivity index (χ2n) is 9.99. The third-order valence-corrected chi connectivity index (χ3v) is 7.53. The van der Waals surface area contributed by atoms with Crippen molar-refractivity contribution < 1.29 is 24.5 Å². The predicted octanol–water partition coefficient (Wildman–Crippen LogP) is 3.42. The topological polar surface area (TPSA) is 83.8 Å². The molecule has 2 rings (SSSR count). The second kappa shape index (κ2) is 7.00. The van der Waals surface area contributed by atoms with Crippen LogP contribution in [0.5, 0.6) is 0 Å². The van der Waals surface area contributed by atoms with Gasteiger partial charge in [0.05, 0.1) is 0 Å². The summed E-state index contributed by atoms with van der Waals surface area (Å²) in [6.07, 6.45) is 4.02. The van der Waals surface area contributed by atoms with Crippen molar-refractivity contribution in [2.45, 2.75) is 91.0 Å². The van der Waals surface area contributed by atoms with Gasteiger partial charge in [-0.05, 0) is 49.9 Å². The van der Waals surface area contributed by atoms with Gasteiger partial charge in [0.25, 0.3) is 0 Å². The number of Topliss-reactive ketones (excluding diaryl/α,β-unsaturated/α-hetero) is 1. The number of ether oxygens (including phenoxy) is 1. The molecule has 0 heterocycles. The molecular formula is C22H36O5. The molecule has 6 atom stereocenters. The van der Waals surface area contributed by atoms with Gasteiger partial charge in [-0.2, -0.15) is 0 Å². The fourth-order valence-electron chi connectivity index (χ4n) is 5.77. The van der Waals surface area contributed by atoms with E-state index >= 15 is 0 Å². The molecule has 2 N–H and O–H groups in total. The van der Waals surface area contributed by atoms with E-state index < -0.39 is 29.2 Å². The number of hydrogen-bond donors (Lipinski definition) is 2. The number of aliphatic hydroxyl groups is 2. The van der Waals surface area contributed by atoms with Crippen LogP contribution >= 0.6 is 0 Å². The summed E-state index contributed by atoms with van der Waals surface area (Å²) in [5.41, 5.74) is -3.25. The van der Waals surface area contributed by atoms with Crippen LogP contribution in [0.15, 0.2) is 12.7 Å². The first-order valence-corrected chi connectivity index (χ1v) is 9.97. The maximum Gasteiger partial charge on any atom is 0.303 e. The van der Waals surface area contributed by atoms with Crippen LogP contribution in [-0.2, 0) is 14.3 Å². The number of esters is 1. The SMILES string of the molecule is C=CC(C)(O)C(CC1C(C)(O)C(=O)CC2C(C)(C)CCCC21C)OC(C)=O. The van der Waals surface area contributed by atoms with E-state index in [-0.39, 0.29) is 29.0 Å². The van der Waals surface area contributed by atoms with Crippen molar-refractivity contribution in [1.82, 2.24) is 0 Å². The van der Waals surface area contributed by atoms with Gasteiger partial charge < -0.3 is 14.9 Å². The van der Waals surface area contributed by atoms with Gasteiger partial charge in [-0.25, -0.2) is 0 Å². The lowest BCUT2D eigenvalue weighted by Gasteiger charge is -2.61. The van der Waals surface area contributed by atoms with Crippen LogP contribution in [0.4, 0.5) is 0 Å². The summed E-state index contributed by atoms with van der Waals surface area (Å²) < 4.78 is 5.43. The fourth-order valence-corrected chi connectivity index (χ4v) is 5.77. The summed E-state index contributed by atoms with van der Waals surface area (Å²) in [6, 6.07) is 0. The van der Waals surface area contributed by atoms with E-state index in [1.54, 1.807) is 6.92 Å². The molecule has 0 spiro atoms. The standard InChI is InChI=1S/C22H36O5/c1-8-21(6,25)18(27-14(2)23)13-16-20(5)11-9-10-19(3,4)15(20)12-17(24)22(16,7)26/h8,15-16,18,25-26H,1,9-13H2,2-7H3. The number of hydrogen-bond acceptors (Lipinski definition) is 5. The highest BCUT2D eigenvalue weighted by Gasteiger charge is 2.62. The number of ketones is 1. The summed E-state index contributed by atoms with van der Waals surface area (Å²) in [4.78, 5) is 24.5. The minimum absolute atomic E-state index is 0.00467. The molecule has 27 heavy (non-hydrogen) atoms. The van der Waals surface area contributed by atoms with E-state index in [4.69, 9.17) is 4.74 Å². The lowest BCUT2D eigenvalue weighted by molar-refractivity contribution is -0.195. The van der Waals surface area contributed by atoms with E-state index in [2.05, 4.69) is 27.4 Å². The molecule has 154 valence electrons. The van der Waals surface area contributed by atoms with Crippen LogP contribution in [0.1, 0.15) is 73.6 Å². The molecule has 2 aliphatic rings. The quantitative estimate of drug-likeness (QED) is 0.564. The molecule has 0 aromatic rings. The van der Waals surface area contributed by atoms with Crippen molar-refractivity contribution in [2.24, 2.45) is 22.7 Å². The van der Waals surface area contributed by atoms with Crippen molar-refractivity contribution in [3.05, 3.63) is 12.7 Å². The van der Waals surface area contributed by atoms with Gasteiger partial charge in [-0.1, -0.05) is 33.3 Å². The molecule has 5 nitrogen and oxygen atoms in total. The van der Waals surface area contributed by atoms with Crippen LogP contribution in [0.25, 0.3) is 0 Å². The van der Waals surface area contributed by atoms with E-state index in [0.29, 0.717) is 6.42 Å². The Hall–Kier alpha value is -1.20. The van der Waals surface area contributed by atoms with E-state index in [1.165, 1.54) is 19.9 Å². The number of rotatable bonds is 5. The average Bonchev–Trinajstić information content (AvgIpc) is 2.52. The first-order valence-electron chi connectivity index (χ1n) is 9.97. The molecule has 0 bridgehead atoms. The van der Waals surface area contributed by atoms with Gasteiger partial charge >= 0.3 is 5.97 Å². The highest BCUT2D eigenvalue weighted by atomic mass is 16.6. The largest absolute Gasteiger partial charge is 0.459 e. The van der Waals surface area contributed by atoms with Gasteiger partial charge in [0, 0.05) is 19.3 Å². The average molecular weight is 381 g/mol. The number of fused-ring (bicyclic) bond motifs is 1. The first-order chi connectivity index (χ1) is 12.2. The smallest absolute Gasteiger partial charge is 0.303 e. The zero-order chi connectivity index (χ0) is 20.8. The van der Waals surface area contributed by atoms with Crippen molar-refractivity contribution in [3.63, 3.8) is 0 Å². The van der Waals surface area contributed by atoms with Crippen LogP contribution in [0.3, 0.4) is 0 Å². The summed E-state index contributed by atoms with van der Waals surface area (Å²) in [6.45, 7) is 14.6. The van der Waals surface area contributed by atoms with Gasteiger partial charge in [0.15, 0.2) is 5.78 Å². The van der Waals surface area contributed by atoms with Crippen molar-refractivity contribution in [3.8, 4) is 0 Å². The van der Waals surface area contributed by atoms with Crippen LogP contribution in [0, 0.1) is 22.7 Å². The molecule has 0 aliphatic heterocycles. The molecule has 0 amide bonds. The summed E-state index contributed by atoms with van der Waals surface area (Å²) in [5, 5.41) is 21.9. The van der Waals surface area contributed by atoms with Gasteiger partial charge in [0.2, 0.25) is 0 Å². The molecule has 0 aromatic heterocycles. The predicted molar refractivity (Wildman–Crippen MR) is 104 cm³/mol. The number of carbonyl (C=O) groups is 2. The molecule has 2 fully saturated rings. The molecule has 2 saturated carbocycles. The molecular weight excluding hydrogens is 344 g/mol. The Morgan fingerprint density at radius 2 is 1.96 bits per heavy atom. The third-order valence-electron chi connectivity index (χ3n) is 7.53. The first kappa shape index (κ1) is 22.1. The zero-order valence-corrected chi connectivity index (χ0v) is 17.7. The second-order valence-corrected chi connectivity index (χ2v) is 9.99. The van der Waals surface area contributed by atoms with E-state index in [9.17, 15) is 19.8 Å². The minimum Gasteiger partial charge on any atom is -0.459 e. The normalized spacial score (nSPS) is 39.0. The Morgan fingerprint density at radius 3 is 2.48 bits per heavy atom. The highest BCUT2D eigenvalue weighted by molar-refractivity contribution is 5.88. The maximum atomic E-state index is 12.9. The van der Waals surface area contributed by atoms with Crippen LogP contribution < -0.4 is 0 Å². The Bertz CT molecular complexity index is 618. The number of carbonyl (C=O) groups excluding carboxylic acids is 2. The Morgan fingerprint density at radius 1 is 1.37 bits per heavy atom. The summed E-state index contributed by atoms with van der Waals surface area (Å²) in [5.74, 6) is -0.950. The van der Waals surface area contributed by atoms with Crippen LogP contribution in [-0.4, -0.2) is 39.3 Å². The van der Waals surface area contributed by atoms with E-state index in [1.807, 2.05) is 0 Å². The molecule has 5 heteroatoms. The monoisotopic (exact) mass is 380 g/mol. The fraction of sp³-hybridized carbons (Fsp3) is 0.818. The molecule has 0 aromatic carbocycles. The maximum absolute atomic E-state index is 12.9.